The summed E-state index contributed by atoms with van der Waals surface area (Å²) in [5.41, 5.74) is 6.19. The molecule has 2 atom stereocenters. The number of hydrogen-bond donors (Lipinski definition) is 8. The van der Waals surface area contributed by atoms with Gasteiger partial charge in [0.05, 0.1) is 22.1 Å². The molecule has 4 aromatic carbocycles. The second kappa shape index (κ2) is 31.9. The maximum atomic E-state index is 13.9. The van der Waals surface area contributed by atoms with E-state index in [0.29, 0.717) is 35.7 Å². The molecule has 0 radical (unpaired) electrons. The average molecular weight is 1150 g/mol. The van der Waals surface area contributed by atoms with Crippen LogP contribution >= 0.6 is 23.2 Å². The van der Waals surface area contributed by atoms with Crippen molar-refractivity contribution in [2.24, 2.45) is 5.41 Å². The highest BCUT2D eigenvalue weighted by Gasteiger charge is 2.27. The van der Waals surface area contributed by atoms with Gasteiger partial charge in [0.15, 0.2) is 0 Å². The van der Waals surface area contributed by atoms with E-state index >= 15 is 0 Å². The van der Waals surface area contributed by atoms with Gasteiger partial charge in [0, 0.05) is 94.7 Å². The van der Waals surface area contributed by atoms with Gasteiger partial charge in [-0.15, -0.1) is 0 Å². The lowest BCUT2D eigenvalue weighted by atomic mass is 9.95. The number of fused-ring (bicyclic) bond motifs is 2. The number of carbonyl (C=O) groups excluding carboxylic acids is 6. The van der Waals surface area contributed by atoms with Gasteiger partial charge in [-0.05, 0) is 65.4 Å². The minimum Gasteiger partial charge on any atom is -0.447 e. The Labute approximate surface area is 471 Å². The molecule has 0 saturated heterocycles. The molecule has 8 N–H and O–H groups in total. The first-order valence-corrected chi connectivity index (χ1v) is 26.3. The van der Waals surface area contributed by atoms with E-state index in [-0.39, 0.29) is 93.6 Å². The Morgan fingerprint density at radius 3 is 1.46 bits per heavy atom. The number of rotatable bonds is 26. The monoisotopic (exact) mass is 1150 g/mol. The molecule has 0 bridgehead atoms. The summed E-state index contributed by atoms with van der Waals surface area (Å²) in [6.45, 7) is 6.20. The fourth-order valence-corrected chi connectivity index (χ4v) is 8.07. The standard InChI is InChI=1S/C29H35ClFN5O5.C27H31ClFN5O5/c1-19(38)36(34-15-22-9-6-10-24(31)27(22)30)23(11-12-26(39)33-17-29(2,3)18-37)16-41-28(40)35-25-13-20-7-4-5-8-21(20)14-32-25;1-18(36)34(32-16-21-8-4-9-23(29)26(21)28)22(10-11-25(37)30-12-5-13-35)17-39-27(38)33-24-14-19-6-2-3-7-20(19)15-31-24/h4-10,13-14,23,34,37H,11-12,15-18H2,1-3H3,(H,33,39)(H,32,35,40);2-4,6-9,14-15,22,32,35H,5,10-13,16-17H2,1H3,(H,30,37)(H,31,33,38)/t23-;22-/m00/s1. The number of amides is 6. The van der Waals surface area contributed by atoms with Crippen LogP contribution in [0.1, 0.15) is 70.9 Å². The summed E-state index contributed by atoms with van der Waals surface area (Å²) in [5, 5.41) is 34.9. The van der Waals surface area contributed by atoms with Crippen LogP contribution in [0, 0.1) is 17.0 Å². The molecule has 0 aliphatic heterocycles. The van der Waals surface area contributed by atoms with Crippen LogP contribution in [0.5, 0.6) is 0 Å². The number of aliphatic hydroxyl groups is 2. The van der Waals surface area contributed by atoms with E-state index in [0.717, 1.165) is 21.5 Å². The molecule has 20 nitrogen and oxygen atoms in total. The van der Waals surface area contributed by atoms with Crippen LogP contribution in [-0.2, 0) is 41.7 Å². The van der Waals surface area contributed by atoms with Crippen LogP contribution in [0.15, 0.2) is 109 Å². The van der Waals surface area contributed by atoms with E-state index in [1.54, 1.807) is 36.7 Å². The number of benzene rings is 4. The molecule has 0 saturated carbocycles. The van der Waals surface area contributed by atoms with Gasteiger partial charge < -0.3 is 30.3 Å². The Morgan fingerprint density at radius 2 is 1.05 bits per heavy atom. The molecule has 6 amide bonds. The Balaban J connectivity index is 0.000000294. The quantitative estimate of drug-likeness (QED) is 0.0188. The number of hydrogen-bond acceptors (Lipinski definition) is 14. The highest BCUT2D eigenvalue weighted by molar-refractivity contribution is 6.31. The molecule has 0 aliphatic rings. The summed E-state index contributed by atoms with van der Waals surface area (Å²) >= 11 is 12.1. The molecular weight excluding hydrogens is 1080 g/mol. The molecule has 0 aliphatic carbocycles. The SMILES string of the molecule is CC(=O)N(NCc1cccc(F)c1Cl)[C@@H](CCC(=O)NCC(C)(C)CO)COC(=O)Nc1cc2ccccc2cn1.CC(=O)N(NCc1cccc(F)c1Cl)[C@@H](CCC(=O)NCCCO)COC(=O)Nc1cc2ccccc2cn1. The summed E-state index contributed by atoms with van der Waals surface area (Å²) in [5.74, 6) is -2.00. The first-order valence-electron chi connectivity index (χ1n) is 25.5. The maximum Gasteiger partial charge on any atom is 0.412 e. The van der Waals surface area contributed by atoms with Crippen LogP contribution in [0.25, 0.3) is 21.5 Å². The van der Waals surface area contributed by atoms with Crippen molar-refractivity contribution < 1.29 is 57.2 Å². The number of ether oxygens (including phenoxy) is 2. The number of aromatic nitrogens is 2. The van der Waals surface area contributed by atoms with E-state index < -0.39 is 53.1 Å². The van der Waals surface area contributed by atoms with Gasteiger partial charge in [-0.1, -0.05) is 110 Å². The Hall–Kier alpha value is -7.60. The van der Waals surface area contributed by atoms with Gasteiger partial charge in [-0.3, -0.25) is 39.8 Å². The van der Waals surface area contributed by atoms with Gasteiger partial charge in [0.25, 0.3) is 0 Å². The van der Waals surface area contributed by atoms with E-state index in [1.807, 2.05) is 62.4 Å². The van der Waals surface area contributed by atoms with E-state index in [9.17, 15) is 42.7 Å². The largest absolute Gasteiger partial charge is 0.447 e. The third kappa shape index (κ3) is 20.6. The third-order valence-corrected chi connectivity index (χ3v) is 13.0. The molecule has 6 rings (SSSR count). The zero-order chi connectivity index (χ0) is 58.2. The zero-order valence-electron chi connectivity index (χ0n) is 44.7. The number of halogens is 4. The predicted molar refractivity (Wildman–Crippen MR) is 300 cm³/mol. The molecular formula is C56H66Cl2F2N10O10. The summed E-state index contributed by atoms with van der Waals surface area (Å²) in [6.07, 6.45) is 2.42. The van der Waals surface area contributed by atoms with Gasteiger partial charge in [-0.2, -0.15) is 0 Å². The van der Waals surface area contributed by atoms with Gasteiger partial charge in [0.2, 0.25) is 23.6 Å². The summed E-state index contributed by atoms with van der Waals surface area (Å²) in [4.78, 5) is 83.6. The van der Waals surface area contributed by atoms with Crippen molar-refractivity contribution in [1.82, 2.24) is 41.5 Å². The number of hydrazine groups is 2. The van der Waals surface area contributed by atoms with Crippen molar-refractivity contribution >= 4 is 92.2 Å². The number of aliphatic hydroxyl groups excluding tert-OH is 2. The number of anilines is 2. The molecule has 428 valence electrons. The molecule has 0 spiro atoms. The van der Waals surface area contributed by atoms with Crippen LogP contribution in [0.4, 0.5) is 30.0 Å². The van der Waals surface area contributed by atoms with Crippen molar-refractivity contribution in [2.75, 3.05) is 50.2 Å². The second-order valence-corrected chi connectivity index (χ2v) is 19.8. The molecule has 0 fully saturated rings. The molecule has 24 heteroatoms. The topological polar surface area (TPSA) is 266 Å². The maximum absolute atomic E-state index is 13.9. The van der Waals surface area contributed by atoms with E-state index in [2.05, 4.69) is 42.1 Å². The van der Waals surface area contributed by atoms with Gasteiger partial charge >= 0.3 is 12.2 Å². The summed E-state index contributed by atoms with van der Waals surface area (Å²) < 4.78 is 38.6. The normalized spacial score (nSPS) is 11.8. The zero-order valence-corrected chi connectivity index (χ0v) is 46.2. The van der Waals surface area contributed by atoms with Crippen molar-refractivity contribution in [2.45, 2.75) is 85.0 Å². The Kier molecular flexibility index (Phi) is 25.2. The first kappa shape index (κ1) is 63.2. The number of nitrogens with zero attached hydrogens (tertiary/aromatic N) is 4. The predicted octanol–water partition coefficient (Wildman–Crippen LogP) is 8.19. The van der Waals surface area contributed by atoms with Crippen molar-refractivity contribution in [3.05, 3.63) is 142 Å². The summed E-state index contributed by atoms with van der Waals surface area (Å²) in [6, 6.07) is 25.7. The molecule has 0 unspecified atom stereocenters. The highest BCUT2D eigenvalue weighted by atomic mass is 35.5. The number of pyridine rings is 2. The minimum atomic E-state index is -0.788. The van der Waals surface area contributed by atoms with E-state index in [4.69, 9.17) is 37.8 Å². The third-order valence-electron chi connectivity index (χ3n) is 12.1. The second-order valence-electron chi connectivity index (χ2n) is 19.1. The Bertz CT molecular complexity index is 3070. The molecule has 6 aromatic rings. The average Bonchev–Trinajstić information content (AvgIpc) is 3.44. The Morgan fingerprint density at radius 1 is 0.625 bits per heavy atom. The summed E-state index contributed by atoms with van der Waals surface area (Å²) in [7, 11) is 0. The van der Waals surface area contributed by atoms with Crippen molar-refractivity contribution in [3.8, 4) is 0 Å². The fourth-order valence-electron chi connectivity index (χ4n) is 7.68. The van der Waals surface area contributed by atoms with Gasteiger partial charge in [0.1, 0.15) is 36.5 Å². The lowest BCUT2D eigenvalue weighted by Crippen LogP contribution is -2.51. The fraction of sp³-hybridized carbons (Fsp3) is 0.357. The molecule has 2 aromatic heterocycles. The number of carbonyl (C=O) groups is 6. The van der Waals surface area contributed by atoms with Crippen LogP contribution < -0.4 is 32.1 Å². The highest BCUT2D eigenvalue weighted by Crippen LogP contribution is 2.23. The van der Waals surface area contributed by atoms with Crippen molar-refractivity contribution in [3.63, 3.8) is 0 Å². The van der Waals surface area contributed by atoms with Crippen LogP contribution in [0.3, 0.4) is 0 Å². The van der Waals surface area contributed by atoms with Crippen LogP contribution in [-0.4, -0.2) is 118 Å². The minimum absolute atomic E-state index is 0.00949. The van der Waals surface area contributed by atoms with Crippen LogP contribution in [0.2, 0.25) is 10.0 Å². The van der Waals surface area contributed by atoms with E-state index in [1.165, 1.54) is 48.1 Å². The van der Waals surface area contributed by atoms with Crippen molar-refractivity contribution in [1.29, 1.82) is 0 Å². The van der Waals surface area contributed by atoms with Gasteiger partial charge in [-0.25, -0.2) is 39.2 Å². The molecule has 2 heterocycles. The molecule has 80 heavy (non-hydrogen) atoms. The first-order chi connectivity index (χ1) is 38.3. The lowest BCUT2D eigenvalue weighted by Gasteiger charge is -2.31. The smallest absolute Gasteiger partial charge is 0.412 e. The lowest BCUT2D eigenvalue weighted by molar-refractivity contribution is -0.137. The number of nitrogens with one attached hydrogen (secondary N) is 6.